The molecule has 1 fully saturated rings. The Balaban J connectivity index is 1.67. The van der Waals surface area contributed by atoms with E-state index in [4.69, 9.17) is 11.6 Å². The molecule has 15 heteroatoms. The van der Waals surface area contributed by atoms with Crippen LogP contribution in [-0.2, 0) is 23.1 Å². The first kappa shape index (κ1) is 26.7. The number of sulfonamides is 1. The van der Waals surface area contributed by atoms with Crippen LogP contribution in [0, 0.1) is 17.5 Å². The van der Waals surface area contributed by atoms with Crippen molar-refractivity contribution < 1.29 is 31.5 Å². The van der Waals surface area contributed by atoms with Crippen LogP contribution in [0.2, 0.25) is 5.02 Å². The number of anilines is 2. The monoisotopic (exact) mass is 624 g/mol. The molecule has 0 atom stereocenters. The van der Waals surface area contributed by atoms with E-state index in [-0.39, 0.29) is 21.6 Å². The summed E-state index contributed by atoms with van der Waals surface area (Å²) in [5.74, 6) is -4.09. The third kappa shape index (κ3) is 5.05. The molecule has 1 amide bonds. The lowest BCUT2D eigenvalue weighted by Gasteiger charge is -2.31. The Hall–Kier alpha value is -2.39. The van der Waals surface area contributed by atoms with Crippen molar-refractivity contribution in [3.8, 4) is 0 Å². The summed E-state index contributed by atoms with van der Waals surface area (Å²) in [5.41, 5.74) is 1.71. The second-order valence-corrected chi connectivity index (χ2v) is 11.4. The fraction of sp³-hybridized carbons (Fsp3) is 0.238. The number of rotatable bonds is 8. The van der Waals surface area contributed by atoms with Gasteiger partial charge in [0, 0.05) is 29.1 Å². The molecule has 0 unspecified atom stereocenters. The van der Waals surface area contributed by atoms with Gasteiger partial charge in [0.1, 0.15) is 11.6 Å². The number of aromatic nitrogens is 1. The van der Waals surface area contributed by atoms with Crippen LogP contribution >= 0.6 is 38.9 Å². The Bertz CT molecular complexity index is 1420. The van der Waals surface area contributed by atoms with Crippen molar-refractivity contribution >= 4 is 66.5 Å². The normalized spacial score (nSPS) is 13.9. The molecule has 0 radical (unpaired) electrons. The van der Waals surface area contributed by atoms with Crippen molar-refractivity contribution in [2.75, 3.05) is 22.7 Å². The van der Waals surface area contributed by atoms with Crippen LogP contribution in [0.25, 0.3) is 0 Å². The lowest BCUT2D eigenvalue weighted by atomic mass is 10.0. The van der Waals surface area contributed by atoms with E-state index in [0.717, 1.165) is 36.2 Å². The highest BCUT2D eigenvalue weighted by Gasteiger charge is 2.38. The average molecular weight is 626 g/mol. The molecular formula is C21H17BrClF3N4O4S2. The Morgan fingerprint density at radius 3 is 2.56 bits per heavy atom. The van der Waals surface area contributed by atoms with Crippen LogP contribution in [-0.4, -0.2) is 42.6 Å². The van der Waals surface area contributed by atoms with E-state index in [0.29, 0.717) is 23.7 Å². The molecule has 3 aromatic rings. The molecule has 4 rings (SSSR count). The fourth-order valence-electron chi connectivity index (χ4n) is 3.61. The van der Waals surface area contributed by atoms with Gasteiger partial charge in [-0.1, -0.05) is 11.6 Å². The molecule has 36 heavy (non-hydrogen) atoms. The summed E-state index contributed by atoms with van der Waals surface area (Å²) >= 11 is 10.1. The second kappa shape index (κ2) is 10.5. The topological polar surface area (TPSA) is 103 Å². The Morgan fingerprint density at radius 1 is 1.25 bits per heavy atom. The molecule has 0 bridgehead atoms. The number of hydrogen-bond acceptors (Lipinski definition) is 7. The van der Waals surface area contributed by atoms with Crippen LogP contribution in [0.15, 0.2) is 38.5 Å². The minimum absolute atomic E-state index is 0.122. The molecule has 1 aromatic heterocycles. The summed E-state index contributed by atoms with van der Waals surface area (Å²) in [5, 5.41) is 13.5. The van der Waals surface area contributed by atoms with Crippen LogP contribution in [0.5, 0.6) is 0 Å². The van der Waals surface area contributed by atoms with Gasteiger partial charge in [-0.2, -0.15) is 0 Å². The van der Waals surface area contributed by atoms with E-state index in [1.807, 2.05) is 4.90 Å². The third-order valence-electron chi connectivity index (χ3n) is 5.52. The molecule has 8 nitrogen and oxygen atoms in total. The maximum Gasteiger partial charge on any atom is 0.427 e. The van der Waals surface area contributed by atoms with Gasteiger partial charge in [-0.15, -0.1) is 15.6 Å². The predicted octanol–water partition coefficient (Wildman–Crippen LogP) is 5.67. The third-order valence-corrected chi connectivity index (χ3v) is 8.94. The van der Waals surface area contributed by atoms with Gasteiger partial charge >= 0.3 is 6.09 Å². The SMILES string of the molecule is O=C(O)N(c1cscn1)S(=O)(=O)c1c(F)cc(NCc2c(Cl)ccc(F)c2CN2CCC2)c(Br)c1F. The lowest BCUT2D eigenvalue weighted by molar-refractivity contribution is 0.170. The van der Waals surface area contributed by atoms with Crippen molar-refractivity contribution in [1.29, 1.82) is 0 Å². The Kier molecular flexibility index (Phi) is 7.80. The highest BCUT2D eigenvalue weighted by Crippen LogP contribution is 2.36. The number of thiazole rings is 1. The van der Waals surface area contributed by atoms with E-state index in [9.17, 15) is 22.7 Å². The number of likely N-dealkylation sites (tertiary alicyclic amines) is 1. The van der Waals surface area contributed by atoms with Gasteiger partial charge in [0.15, 0.2) is 16.5 Å². The number of nitrogens with one attached hydrogen (secondary N) is 1. The van der Waals surface area contributed by atoms with Crippen LogP contribution in [0.4, 0.5) is 29.5 Å². The number of hydrogen-bond donors (Lipinski definition) is 2. The highest BCUT2D eigenvalue weighted by molar-refractivity contribution is 9.10. The smallest absolute Gasteiger partial charge is 0.427 e. The molecule has 2 heterocycles. The lowest BCUT2D eigenvalue weighted by Crippen LogP contribution is -2.37. The van der Waals surface area contributed by atoms with Crippen molar-refractivity contribution in [2.24, 2.45) is 0 Å². The Morgan fingerprint density at radius 2 is 1.97 bits per heavy atom. The van der Waals surface area contributed by atoms with Crippen molar-refractivity contribution in [2.45, 2.75) is 24.4 Å². The van der Waals surface area contributed by atoms with Gasteiger partial charge in [-0.25, -0.2) is 31.4 Å². The van der Waals surface area contributed by atoms with Crippen molar-refractivity contribution in [3.63, 3.8) is 0 Å². The zero-order chi connectivity index (χ0) is 26.2. The summed E-state index contributed by atoms with van der Waals surface area (Å²) in [6.45, 7) is 1.81. The average Bonchev–Trinajstić information content (AvgIpc) is 3.28. The first-order valence-electron chi connectivity index (χ1n) is 10.3. The first-order chi connectivity index (χ1) is 17.0. The number of halogens is 5. The van der Waals surface area contributed by atoms with Crippen LogP contribution in [0.3, 0.4) is 0 Å². The van der Waals surface area contributed by atoms with E-state index >= 15 is 8.78 Å². The van der Waals surface area contributed by atoms with E-state index in [1.54, 1.807) is 0 Å². The molecule has 192 valence electrons. The molecular weight excluding hydrogens is 609 g/mol. The molecule has 1 saturated heterocycles. The molecule has 0 aliphatic carbocycles. The fourth-order valence-corrected chi connectivity index (χ4v) is 6.39. The van der Waals surface area contributed by atoms with Gasteiger partial charge in [0.05, 0.1) is 15.7 Å². The number of nitrogens with zero attached hydrogens (tertiary/aromatic N) is 3. The minimum atomic E-state index is -5.23. The first-order valence-corrected chi connectivity index (χ1v) is 13.8. The van der Waals surface area contributed by atoms with E-state index in [1.165, 1.54) is 17.6 Å². The van der Waals surface area contributed by atoms with E-state index < -0.39 is 48.8 Å². The summed E-state index contributed by atoms with van der Waals surface area (Å²) < 4.78 is 70.0. The van der Waals surface area contributed by atoms with Crippen molar-refractivity contribution in [1.82, 2.24) is 9.88 Å². The highest BCUT2D eigenvalue weighted by atomic mass is 79.9. The second-order valence-electron chi connectivity index (χ2n) is 7.73. The number of carboxylic acid groups (broad SMARTS) is 1. The largest absolute Gasteiger partial charge is 0.464 e. The predicted molar refractivity (Wildman–Crippen MR) is 132 cm³/mol. The van der Waals surface area contributed by atoms with Crippen molar-refractivity contribution in [3.05, 3.63) is 67.2 Å². The zero-order valence-electron chi connectivity index (χ0n) is 18.1. The summed E-state index contributed by atoms with van der Waals surface area (Å²) in [6, 6.07) is 3.31. The Labute approximate surface area is 221 Å². The number of carbonyl (C=O) groups is 1. The van der Waals surface area contributed by atoms with Gasteiger partial charge in [0.2, 0.25) is 0 Å². The van der Waals surface area contributed by atoms with Gasteiger partial charge in [0.25, 0.3) is 10.0 Å². The van der Waals surface area contributed by atoms with Gasteiger partial charge in [-0.05, 0) is 59.2 Å². The zero-order valence-corrected chi connectivity index (χ0v) is 22.1. The van der Waals surface area contributed by atoms with Crippen LogP contribution < -0.4 is 9.62 Å². The summed E-state index contributed by atoms with van der Waals surface area (Å²) in [4.78, 5) is 15.8. The molecule has 1 aliphatic heterocycles. The van der Waals surface area contributed by atoms with Gasteiger partial charge < -0.3 is 10.4 Å². The molecule has 2 N–H and O–H groups in total. The molecule has 0 saturated carbocycles. The standard InChI is InChI=1S/C21H17BrClF3N4O4S2/c22-18-16(27-7-11-12(8-29-4-1-5-29)14(24)3-2-13(11)23)6-15(25)20(19(18)26)36(33,34)30(21(31)32)17-9-35-10-28-17/h2-3,6,9-10,27H,1,4-5,7-8H2,(H,31,32). The minimum Gasteiger partial charge on any atom is -0.464 e. The maximum atomic E-state index is 15.2. The van der Waals surface area contributed by atoms with Crippen LogP contribution in [0.1, 0.15) is 17.5 Å². The number of amides is 1. The molecule has 1 aliphatic rings. The maximum absolute atomic E-state index is 15.2. The van der Waals surface area contributed by atoms with E-state index in [2.05, 4.69) is 26.2 Å². The summed E-state index contributed by atoms with van der Waals surface area (Å²) in [7, 11) is -5.23. The molecule has 2 aromatic carbocycles. The van der Waals surface area contributed by atoms with Gasteiger partial charge in [-0.3, -0.25) is 4.90 Å². The summed E-state index contributed by atoms with van der Waals surface area (Å²) in [6.07, 6.45) is -0.994. The molecule has 0 spiro atoms. The quantitative estimate of drug-likeness (QED) is 0.311. The number of benzene rings is 2.